The molecule has 33 heavy (non-hydrogen) atoms. The molecule has 1 aliphatic rings. The Morgan fingerprint density at radius 1 is 1.12 bits per heavy atom. The molecule has 1 fully saturated rings. The number of aromatic nitrogens is 1. The van der Waals surface area contributed by atoms with E-state index in [1.165, 1.54) is 0 Å². The first-order chi connectivity index (χ1) is 16.2. The maximum atomic E-state index is 12.8. The number of ether oxygens (including phenoxy) is 3. The predicted octanol–water partition coefficient (Wildman–Crippen LogP) is 3.49. The first kappa shape index (κ1) is 24.9. The molecule has 2 N–H and O–H groups in total. The minimum Gasteiger partial charge on any atom is -0.494 e. The molecule has 0 saturated carbocycles. The number of morpholine rings is 1. The van der Waals surface area contributed by atoms with Crippen LogP contribution in [-0.4, -0.2) is 67.0 Å². The minimum absolute atomic E-state index is 0.194. The summed E-state index contributed by atoms with van der Waals surface area (Å²) in [6.45, 7) is 7.28. The van der Waals surface area contributed by atoms with Crippen molar-refractivity contribution >= 4 is 28.9 Å². The number of benzene rings is 1. The highest BCUT2D eigenvalue weighted by molar-refractivity contribution is 7.80. The lowest BCUT2D eigenvalue weighted by Crippen LogP contribution is -2.39. The summed E-state index contributed by atoms with van der Waals surface area (Å²) in [5.74, 6) is 0.717. The molecule has 0 unspecified atom stereocenters. The number of hydrogen-bond acceptors (Lipinski definition) is 7. The fraction of sp³-hybridized carbons (Fsp3) is 0.458. The van der Waals surface area contributed by atoms with Gasteiger partial charge in [0.1, 0.15) is 17.9 Å². The Labute approximate surface area is 200 Å². The third-order valence-corrected chi connectivity index (χ3v) is 5.33. The molecule has 1 saturated heterocycles. The third-order valence-electron chi connectivity index (χ3n) is 5.12. The number of hydrogen-bond donors (Lipinski definition) is 2. The van der Waals surface area contributed by atoms with Gasteiger partial charge in [-0.3, -0.25) is 15.0 Å². The number of anilines is 1. The molecular weight excluding hydrogens is 440 g/mol. The molecule has 178 valence electrons. The molecule has 1 amide bonds. The number of nitrogens with zero attached hydrogens (tertiary/aromatic N) is 2. The summed E-state index contributed by atoms with van der Waals surface area (Å²) in [5, 5.41) is 5.90. The van der Waals surface area contributed by atoms with Crippen LogP contribution in [0.25, 0.3) is 0 Å². The first-order valence-corrected chi connectivity index (χ1v) is 11.8. The standard InChI is InChI=1S/C24H32N4O4S/c1-2-3-4-15-31-20-9-7-19(8-10-20)26-24(33)27-22(29)21-6-5-11-25-23(21)32-18-14-28-12-16-30-17-13-28/h5-11H,2-4,12-18H2,1H3,(H2,26,27,29,33). The van der Waals surface area contributed by atoms with Crippen LogP contribution in [0, 0.1) is 0 Å². The number of carbonyl (C=O) groups is 1. The molecule has 9 heteroatoms. The number of rotatable bonds is 11. The van der Waals surface area contributed by atoms with E-state index in [-0.39, 0.29) is 16.9 Å². The number of carbonyl (C=O) groups excluding carboxylic acids is 1. The maximum absolute atomic E-state index is 12.8. The maximum Gasteiger partial charge on any atom is 0.262 e. The molecule has 8 nitrogen and oxygen atoms in total. The highest BCUT2D eigenvalue weighted by atomic mass is 32.1. The lowest BCUT2D eigenvalue weighted by molar-refractivity contribution is 0.0319. The number of unbranched alkanes of at least 4 members (excludes halogenated alkanes) is 2. The van der Waals surface area contributed by atoms with E-state index in [4.69, 9.17) is 26.4 Å². The lowest BCUT2D eigenvalue weighted by atomic mass is 10.2. The Balaban J connectivity index is 1.46. The van der Waals surface area contributed by atoms with Gasteiger partial charge in [0.25, 0.3) is 5.91 Å². The highest BCUT2D eigenvalue weighted by Crippen LogP contribution is 2.17. The number of amides is 1. The summed E-state index contributed by atoms with van der Waals surface area (Å²) in [5.41, 5.74) is 1.09. The van der Waals surface area contributed by atoms with Gasteiger partial charge in [0, 0.05) is 31.5 Å². The summed E-state index contributed by atoms with van der Waals surface area (Å²) in [6.07, 6.45) is 4.96. The third kappa shape index (κ3) is 8.60. The van der Waals surface area contributed by atoms with Crippen LogP contribution < -0.4 is 20.1 Å². The van der Waals surface area contributed by atoms with Gasteiger partial charge in [0.15, 0.2) is 5.11 Å². The molecule has 1 aliphatic heterocycles. The van der Waals surface area contributed by atoms with E-state index in [0.29, 0.717) is 18.8 Å². The van der Waals surface area contributed by atoms with E-state index in [9.17, 15) is 4.79 Å². The Kier molecular flexibility index (Phi) is 10.3. The fourth-order valence-corrected chi connectivity index (χ4v) is 3.49. The van der Waals surface area contributed by atoms with Gasteiger partial charge < -0.3 is 19.5 Å². The average molecular weight is 473 g/mol. The van der Waals surface area contributed by atoms with E-state index >= 15 is 0 Å². The minimum atomic E-state index is -0.377. The van der Waals surface area contributed by atoms with Crippen molar-refractivity contribution in [3.05, 3.63) is 48.2 Å². The summed E-state index contributed by atoms with van der Waals surface area (Å²) in [4.78, 5) is 19.2. The zero-order valence-corrected chi connectivity index (χ0v) is 19.9. The van der Waals surface area contributed by atoms with Gasteiger partial charge in [0.05, 0.1) is 19.8 Å². The van der Waals surface area contributed by atoms with Crippen LogP contribution in [0.2, 0.25) is 0 Å². The molecule has 0 aliphatic carbocycles. The predicted molar refractivity (Wildman–Crippen MR) is 132 cm³/mol. The van der Waals surface area contributed by atoms with Crippen molar-refractivity contribution in [3.8, 4) is 11.6 Å². The topological polar surface area (TPSA) is 85.0 Å². The number of pyridine rings is 1. The number of nitrogens with one attached hydrogen (secondary N) is 2. The van der Waals surface area contributed by atoms with Gasteiger partial charge in [0.2, 0.25) is 5.88 Å². The van der Waals surface area contributed by atoms with E-state index in [0.717, 1.165) is 63.5 Å². The monoisotopic (exact) mass is 472 g/mol. The van der Waals surface area contributed by atoms with Crippen LogP contribution in [0.4, 0.5) is 5.69 Å². The fourth-order valence-electron chi connectivity index (χ4n) is 3.28. The molecule has 2 heterocycles. The number of thiocarbonyl (C=S) groups is 1. The van der Waals surface area contributed by atoms with Gasteiger partial charge >= 0.3 is 0 Å². The molecule has 2 aromatic rings. The Morgan fingerprint density at radius 3 is 2.67 bits per heavy atom. The average Bonchev–Trinajstić information content (AvgIpc) is 2.84. The van der Waals surface area contributed by atoms with E-state index in [1.807, 2.05) is 24.3 Å². The first-order valence-electron chi connectivity index (χ1n) is 11.4. The van der Waals surface area contributed by atoms with Crippen LogP contribution in [0.1, 0.15) is 36.5 Å². The Bertz CT molecular complexity index is 888. The van der Waals surface area contributed by atoms with Crippen molar-refractivity contribution in [2.24, 2.45) is 0 Å². The normalized spacial score (nSPS) is 13.8. The second-order valence-corrected chi connectivity index (χ2v) is 8.06. The zero-order valence-electron chi connectivity index (χ0n) is 19.0. The van der Waals surface area contributed by atoms with Crippen molar-refractivity contribution in [3.63, 3.8) is 0 Å². The summed E-state index contributed by atoms with van der Waals surface area (Å²) in [7, 11) is 0. The highest BCUT2D eigenvalue weighted by Gasteiger charge is 2.16. The molecule has 1 aromatic carbocycles. The van der Waals surface area contributed by atoms with E-state index < -0.39 is 0 Å². The van der Waals surface area contributed by atoms with Crippen LogP contribution in [0.15, 0.2) is 42.6 Å². The summed E-state index contributed by atoms with van der Waals surface area (Å²) in [6, 6.07) is 10.8. The van der Waals surface area contributed by atoms with Crippen LogP contribution >= 0.6 is 12.2 Å². The van der Waals surface area contributed by atoms with Crippen molar-refractivity contribution in [2.75, 3.05) is 51.4 Å². The SMILES string of the molecule is CCCCCOc1ccc(NC(=S)NC(=O)c2cccnc2OCCN2CCOCC2)cc1. The molecule has 0 radical (unpaired) electrons. The van der Waals surface area contributed by atoms with Crippen molar-refractivity contribution in [1.82, 2.24) is 15.2 Å². The molecule has 0 bridgehead atoms. The Hall–Kier alpha value is -2.75. The second-order valence-electron chi connectivity index (χ2n) is 7.65. The zero-order chi connectivity index (χ0) is 23.3. The van der Waals surface area contributed by atoms with Gasteiger partial charge in [-0.15, -0.1) is 0 Å². The van der Waals surface area contributed by atoms with Crippen molar-refractivity contribution in [1.29, 1.82) is 0 Å². The largest absolute Gasteiger partial charge is 0.494 e. The summed E-state index contributed by atoms with van der Waals surface area (Å²) < 4.78 is 16.9. The van der Waals surface area contributed by atoms with Crippen molar-refractivity contribution < 1.29 is 19.0 Å². The van der Waals surface area contributed by atoms with E-state index in [2.05, 4.69) is 27.4 Å². The molecule has 0 atom stereocenters. The second kappa shape index (κ2) is 13.7. The quantitative estimate of drug-likeness (QED) is 0.380. The van der Waals surface area contributed by atoms with Gasteiger partial charge in [-0.25, -0.2) is 4.98 Å². The van der Waals surface area contributed by atoms with Gasteiger partial charge in [-0.05, 0) is 55.0 Å². The van der Waals surface area contributed by atoms with Crippen LogP contribution in [-0.2, 0) is 4.74 Å². The van der Waals surface area contributed by atoms with Gasteiger partial charge in [-0.1, -0.05) is 19.8 Å². The summed E-state index contributed by atoms with van der Waals surface area (Å²) >= 11 is 5.31. The van der Waals surface area contributed by atoms with Crippen molar-refractivity contribution in [2.45, 2.75) is 26.2 Å². The lowest BCUT2D eigenvalue weighted by Gasteiger charge is -2.26. The van der Waals surface area contributed by atoms with Crippen LogP contribution in [0.3, 0.4) is 0 Å². The molecule has 1 aromatic heterocycles. The Morgan fingerprint density at radius 2 is 1.91 bits per heavy atom. The smallest absolute Gasteiger partial charge is 0.262 e. The van der Waals surface area contributed by atoms with E-state index in [1.54, 1.807) is 18.3 Å². The van der Waals surface area contributed by atoms with Crippen LogP contribution in [0.5, 0.6) is 11.6 Å². The molecule has 3 rings (SSSR count). The molecule has 0 spiro atoms. The van der Waals surface area contributed by atoms with Gasteiger partial charge in [-0.2, -0.15) is 0 Å². The molecular formula is C24H32N4O4S.